The molecule has 0 bridgehead atoms. The molecule has 2 N–H and O–H groups in total. The zero-order chi connectivity index (χ0) is 23.0. The van der Waals surface area contributed by atoms with Crippen molar-refractivity contribution in [2.75, 3.05) is 48.0 Å². The number of piperidine rings is 1. The Kier molecular flexibility index (Phi) is 5.64. The number of rotatable bonds is 4. The van der Waals surface area contributed by atoms with E-state index >= 15 is 0 Å². The molecule has 2 aliphatic rings. The number of imidazole rings is 1. The third-order valence-electron chi connectivity index (χ3n) is 5.80. The molecule has 0 radical (unpaired) electrons. The van der Waals surface area contributed by atoms with Crippen LogP contribution in [0.2, 0.25) is 0 Å². The second-order valence-electron chi connectivity index (χ2n) is 8.21. The summed E-state index contributed by atoms with van der Waals surface area (Å²) in [5.41, 5.74) is -0.105. The molecule has 5 heterocycles. The molecule has 0 saturated carbocycles. The Morgan fingerprint density at radius 1 is 1.03 bits per heavy atom. The van der Waals surface area contributed by atoms with Gasteiger partial charge in [0.15, 0.2) is 5.82 Å². The normalized spacial score (nSPS) is 22.1. The van der Waals surface area contributed by atoms with E-state index in [1.165, 1.54) is 0 Å². The van der Waals surface area contributed by atoms with E-state index in [1.54, 1.807) is 18.6 Å². The number of alkyl halides is 4. The fourth-order valence-electron chi connectivity index (χ4n) is 4.28. The molecule has 0 aliphatic carbocycles. The monoisotopic (exact) mass is 465 g/mol. The van der Waals surface area contributed by atoms with E-state index in [9.17, 15) is 17.6 Å². The molecule has 176 valence electrons. The fourth-order valence-corrected chi connectivity index (χ4v) is 4.28. The molecule has 0 unspecified atom stereocenters. The van der Waals surface area contributed by atoms with Crippen molar-refractivity contribution >= 4 is 23.2 Å². The average molecular weight is 465 g/mol. The first-order chi connectivity index (χ1) is 15.9. The van der Waals surface area contributed by atoms with Crippen LogP contribution >= 0.6 is 0 Å². The van der Waals surface area contributed by atoms with Crippen LogP contribution in [0, 0.1) is 0 Å². The summed E-state index contributed by atoms with van der Waals surface area (Å²) >= 11 is 0. The van der Waals surface area contributed by atoms with Crippen molar-refractivity contribution in [3.63, 3.8) is 0 Å². The molecule has 33 heavy (non-hydrogen) atoms. The third-order valence-corrected chi connectivity index (χ3v) is 5.80. The van der Waals surface area contributed by atoms with Gasteiger partial charge in [0.05, 0.1) is 25.0 Å². The van der Waals surface area contributed by atoms with Gasteiger partial charge in [0.1, 0.15) is 11.7 Å². The van der Waals surface area contributed by atoms with Crippen LogP contribution < -0.4 is 20.4 Å². The van der Waals surface area contributed by atoms with Gasteiger partial charge in [-0.3, -0.25) is 9.72 Å². The molecule has 2 fully saturated rings. The molecule has 13 heteroatoms. The number of halogens is 4. The van der Waals surface area contributed by atoms with Crippen LogP contribution in [-0.2, 0) is 6.18 Å². The maximum absolute atomic E-state index is 14.6. The number of fused-ring (bicyclic) bond motifs is 1. The summed E-state index contributed by atoms with van der Waals surface area (Å²) in [6, 6.07) is -0.398. The van der Waals surface area contributed by atoms with Crippen LogP contribution in [0.3, 0.4) is 0 Å². The second-order valence-corrected chi connectivity index (χ2v) is 8.21. The van der Waals surface area contributed by atoms with E-state index in [2.05, 4.69) is 35.5 Å². The van der Waals surface area contributed by atoms with Crippen LogP contribution in [0.1, 0.15) is 18.4 Å². The number of aromatic nitrogens is 5. The van der Waals surface area contributed by atoms with Gasteiger partial charge in [-0.1, -0.05) is 0 Å². The van der Waals surface area contributed by atoms with Crippen molar-refractivity contribution in [1.82, 2.24) is 29.7 Å². The highest BCUT2D eigenvalue weighted by Crippen LogP contribution is 2.29. The minimum absolute atomic E-state index is 0.0270. The van der Waals surface area contributed by atoms with Crippen molar-refractivity contribution in [3.8, 4) is 0 Å². The van der Waals surface area contributed by atoms with Crippen LogP contribution in [0.4, 0.5) is 35.3 Å². The number of anilines is 3. The molecule has 2 saturated heterocycles. The van der Waals surface area contributed by atoms with Crippen molar-refractivity contribution in [2.45, 2.75) is 31.2 Å². The lowest BCUT2D eigenvalue weighted by Crippen LogP contribution is -2.48. The Labute approximate surface area is 186 Å². The van der Waals surface area contributed by atoms with Crippen molar-refractivity contribution < 1.29 is 17.6 Å². The smallest absolute Gasteiger partial charge is 0.350 e. The molecule has 3 aromatic rings. The lowest BCUT2D eigenvalue weighted by molar-refractivity contribution is -0.138. The highest BCUT2D eigenvalue weighted by atomic mass is 19.4. The minimum atomic E-state index is -4.51. The number of nitrogens with one attached hydrogen (secondary N) is 2. The first-order valence-electron chi connectivity index (χ1n) is 10.7. The van der Waals surface area contributed by atoms with Crippen molar-refractivity contribution in [1.29, 1.82) is 0 Å². The standard InChI is InChI=1S/C20H23F4N9/c21-14-6-15(30-18-27-7-13(8-28-18)20(22,23)24)11-32(10-14)19-29-9-16-17(26-3-5-33(16)19)31-4-1-2-25-12-31/h3,5,7-9,14-15,25H,1-2,4,6,10-12H2,(H,27,28,30)/t14-,15-/m1/s1. The van der Waals surface area contributed by atoms with Gasteiger partial charge in [-0.15, -0.1) is 0 Å². The van der Waals surface area contributed by atoms with Gasteiger partial charge in [-0.2, -0.15) is 13.2 Å². The minimum Gasteiger partial charge on any atom is -0.350 e. The Balaban J connectivity index is 1.35. The maximum atomic E-state index is 14.6. The molecule has 9 nitrogen and oxygen atoms in total. The van der Waals surface area contributed by atoms with E-state index in [0.717, 1.165) is 43.2 Å². The van der Waals surface area contributed by atoms with Gasteiger partial charge in [0.2, 0.25) is 11.9 Å². The molecular weight excluding hydrogens is 442 g/mol. The highest BCUT2D eigenvalue weighted by Gasteiger charge is 2.33. The molecule has 0 aromatic carbocycles. The highest BCUT2D eigenvalue weighted by molar-refractivity contribution is 5.71. The van der Waals surface area contributed by atoms with Crippen molar-refractivity contribution in [3.05, 3.63) is 36.5 Å². The van der Waals surface area contributed by atoms with E-state index < -0.39 is 24.0 Å². The number of hydrogen-bond donors (Lipinski definition) is 2. The van der Waals surface area contributed by atoms with Gasteiger partial charge >= 0.3 is 6.18 Å². The summed E-state index contributed by atoms with van der Waals surface area (Å²) in [6.45, 7) is 3.10. The summed E-state index contributed by atoms with van der Waals surface area (Å²) in [5, 5.41) is 6.28. The van der Waals surface area contributed by atoms with Gasteiger partial charge in [0, 0.05) is 50.3 Å². The van der Waals surface area contributed by atoms with Crippen LogP contribution in [0.25, 0.3) is 5.52 Å². The summed E-state index contributed by atoms with van der Waals surface area (Å²) in [4.78, 5) is 20.5. The van der Waals surface area contributed by atoms with Crippen molar-refractivity contribution in [2.24, 2.45) is 0 Å². The van der Waals surface area contributed by atoms with E-state index in [-0.39, 0.29) is 18.9 Å². The predicted molar refractivity (Wildman–Crippen MR) is 114 cm³/mol. The molecule has 5 rings (SSSR count). The average Bonchev–Trinajstić information content (AvgIpc) is 3.23. The van der Waals surface area contributed by atoms with E-state index in [4.69, 9.17) is 0 Å². The molecular formula is C20H23F4N9. The van der Waals surface area contributed by atoms with Gasteiger partial charge in [-0.25, -0.2) is 24.3 Å². The SMILES string of the molecule is F[C@@H]1C[C@@H](Nc2ncc(C(F)(F)F)cn2)CN(c2ncc3c(N4CCCNC4)nccn23)C1. The Morgan fingerprint density at radius 3 is 2.58 bits per heavy atom. The van der Waals surface area contributed by atoms with Gasteiger partial charge < -0.3 is 15.1 Å². The Morgan fingerprint density at radius 2 is 1.85 bits per heavy atom. The first-order valence-corrected chi connectivity index (χ1v) is 10.7. The summed E-state index contributed by atoms with van der Waals surface area (Å²) < 4.78 is 54.7. The Bertz CT molecular complexity index is 1100. The quantitative estimate of drug-likeness (QED) is 0.568. The third kappa shape index (κ3) is 4.49. The van der Waals surface area contributed by atoms with Gasteiger partial charge in [0.25, 0.3) is 0 Å². The van der Waals surface area contributed by atoms with Crippen LogP contribution in [0.5, 0.6) is 0 Å². The fraction of sp³-hybridized carbons (Fsp3) is 0.500. The summed E-state index contributed by atoms with van der Waals surface area (Å²) in [7, 11) is 0. The topological polar surface area (TPSA) is 86.5 Å². The number of hydrogen-bond acceptors (Lipinski definition) is 8. The first kappa shape index (κ1) is 21.6. The maximum Gasteiger partial charge on any atom is 0.419 e. The molecule has 0 spiro atoms. The molecule has 2 aliphatic heterocycles. The Hall–Kier alpha value is -3.22. The zero-order valence-corrected chi connectivity index (χ0v) is 17.6. The largest absolute Gasteiger partial charge is 0.419 e. The zero-order valence-electron chi connectivity index (χ0n) is 17.6. The predicted octanol–water partition coefficient (Wildman–Crippen LogP) is 2.32. The molecule has 2 atom stereocenters. The van der Waals surface area contributed by atoms with Gasteiger partial charge in [-0.05, 0) is 13.0 Å². The lowest BCUT2D eigenvalue weighted by atomic mass is 10.0. The van der Waals surface area contributed by atoms with Crippen LogP contribution in [0.15, 0.2) is 31.0 Å². The summed E-state index contributed by atoms with van der Waals surface area (Å²) in [5.74, 6) is 1.42. The summed E-state index contributed by atoms with van der Waals surface area (Å²) in [6.07, 6.45) is 2.20. The number of nitrogens with zero attached hydrogens (tertiary/aromatic N) is 7. The molecule has 3 aromatic heterocycles. The molecule has 0 amide bonds. The van der Waals surface area contributed by atoms with Crippen LogP contribution in [-0.4, -0.2) is 69.4 Å². The lowest BCUT2D eigenvalue weighted by Gasteiger charge is -2.35. The van der Waals surface area contributed by atoms with E-state index in [0.29, 0.717) is 19.2 Å². The second kappa shape index (κ2) is 8.61. The van der Waals surface area contributed by atoms with E-state index in [1.807, 2.05) is 9.30 Å².